The lowest BCUT2D eigenvalue weighted by atomic mass is 10.3. The van der Waals surface area contributed by atoms with Crippen LogP contribution in [0.25, 0.3) is 0 Å². The summed E-state index contributed by atoms with van der Waals surface area (Å²) >= 11 is 4.58. The van der Waals surface area contributed by atoms with Gasteiger partial charge in [0.15, 0.2) is 5.88 Å². The SMILES string of the molecule is NC(=CC=S)Oc1ccc(N)cc1. The topological polar surface area (TPSA) is 61.3 Å². The fourth-order valence-corrected chi connectivity index (χ4v) is 0.907. The lowest BCUT2D eigenvalue weighted by Gasteiger charge is -2.04. The van der Waals surface area contributed by atoms with Gasteiger partial charge in [-0.15, -0.1) is 0 Å². The maximum Gasteiger partial charge on any atom is 0.191 e. The van der Waals surface area contributed by atoms with Gasteiger partial charge in [0.2, 0.25) is 0 Å². The number of benzene rings is 1. The van der Waals surface area contributed by atoms with Gasteiger partial charge in [0.25, 0.3) is 0 Å². The Morgan fingerprint density at radius 2 is 1.92 bits per heavy atom. The van der Waals surface area contributed by atoms with Crippen LogP contribution in [0.2, 0.25) is 0 Å². The number of hydrogen-bond donors (Lipinski definition) is 2. The molecule has 0 fully saturated rings. The van der Waals surface area contributed by atoms with Crippen molar-refractivity contribution < 1.29 is 4.74 Å². The Labute approximate surface area is 82.0 Å². The molecule has 0 saturated heterocycles. The highest BCUT2D eigenvalue weighted by Gasteiger charge is 1.93. The molecule has 0 aromatic heterocycles. The third kappa shape index (κ3) is 3.13. The van der Waals surface area contributed by atoms with Gasteiger partial charge in [0.1, 0.15) is 5.75 Å². The molecule has 68 valence electrons. The highest BCUT2D eigenvalue weighted by molar-refractivity contribution is 7.79. The Morgan fingerprint density at radius 3 is 2.46 bits per heavy atom. The third-order valence-electron chi connectivity index (χ3n) is 1.35. The average Bonchev–Trinajstić information content (AvgIpc) is 2.09. The second-order valence-electron chi connectivity index (χ2n) is 2.38. The summed E-state index contributed by atoms with van der Waals surface area (Å²) in [4.78, 5) is 0. The van der Waals surface area contributed by atoms with Crippen molar-refractivity contribution >= 4 is 23.3 Å². The number of anilines is 1. The first-order chi connectivity index (χ1) is 6.22. The van der Waals surface area contributed by atoms with Gasteiger partial charge >= 0.3 is 0 Å². The summed E-state index contributed by atoms with van der Waals surface area (Å²) in [6.07, 6.45) is 1.51. The molecule has 0 saturated carbocycles. The van der Waals surface area contributed by atoms with Crippen LogP contribution < -0.4 is 16.2 Å². The molecule has 0 aliphatic rings. The van der Waals surface area contributed by atoms with Gasteiger partial charge in [0.05, 0.1) is 0 Å². The molecule has 0 bridgehead atoms. The Hall–Kier alpha value is -1.55. The zero-order valence-electron chi connectivity index (χ0n) is 6.94. The van der Waals surface area contributed by atoms with E-state index in [9.17, 15) is 0 Å². The maximum absolute atomic E-state index is 5.49. The van der Waals surface area contributed by atoms with Crippen LogP contribution >= 0.6 is 12.2 Å². The molecule has 4 N–H and O–H groups in total. The number of allylic oxidation sites excluding steroid dienone is 1. The quantitative estimate of drug-likeness (QED) is 0.331. The molecule has 0 heterocycles. The van der Waals surface area contributed by atoms with Crippen LogP contribution in [0.1, 0.15) is 0 Å². The molecule has 0 spiro atoms. The third-order valence-corrected chi connectivity index (χ3v) is 1.48. The predicted molar refractivity (Wildman–Crippen MR) is 57.4 cm³/mol. The second-order valence-corrected chi connectivity index (χ2v) is 2.65. The Balaban J connectivity index is 2.69. The molecule has 13 heavy (non-hydrogen) atoms. The summed E-state index contributed by atoms with van der Waals surface area (Å²) < 4.78 is 5.20. The van der Waals surface area contributed by atoms with E-state index in [-0.39, 0.29) is 5.88 Å². The van der Waals surface area contributed by atoms with Crippen molar-refractivity contribution in [3.05, 3.63) is 36.2 Å². The molecule has 0 aliphatic heterocycles. The average molecular weight is 194 g/mol. The second kappa shape index (κ2) is 4.47. The number of hydrogen-bond acceptors (Lipinski definition) is 4. The molecule has 1 aromatic carbocycles. The van der Waals surface area contributed by atoms with E-state index in [1.54, 1.807) is 24.3 Å². The van der Waals surface area contributed by atoms with Crippen LogP contribution in [0.3, 0.4) is 0 Å². The minimum Gasteiger partial charge on any atom is -0.442 e. The molecule has 4 heteroatoms. The van der Waals surface area contributed by atoms with Crippen LogP contribution in [0, 0.1) is 0 Å². The molecular weight excluding hydrogens is 184 g/mol. The molecule has 0 amide bonds. The molecule has 1 aromatic rings. The van der Waals surface area contributed by atoms with E-state index >= 15 is 0 Å². The summed E-state index contributed by atoms with van der Waals surface area (Å²) in [6, 6.07) is 6.94. The molecule has 0 unspecified atom stereocenters. The number of thiocarbonyl (C=S) groups is 1. The molecular formula is C9H10N2OS. The molecule has 3 nitrogen and oxygen atoms in total. The zero-order chi connectivity index (χ0) is 9.68. The van der Waals surface area contributed by atoms with Crippen molar-refractivity contribution in [3.8, 4) is 5.75 Å². The van der Waals surface area contributed by atoms with Crippen LogP contribution in [0.4, 0.5) is 5.69 Å². The van der Waals surface area contributed by atoms with Crippen molar-refractivity contribution in [1.82, 2.24) is 0 Å². The number of nitrogen functional groups attached to an aromatic ring is 1. The summed E-state index contributed by atoms with van der Waals surface area (Å²) in [5.41, 5.74) is 11.6. The van der Waals surface area contributed by atoms with E-state index in [1.807, 2.05) is 0 Å². The minimum absolute atomic E-state index is 0.264. The van der Waals surface area contributed by atoms with Gasteiger partial charge in [-0.05, 0) is 24.3 Å². The number of rotatable bonds is 3. The first-order valence-electron chi connectivity index (χ1n) is 3.66. The Kier molecular flexibility index (Phi) is 3.28. The van der Waals surface area contributed by atoms with Crippen LogP contribution in [-0.2, 0) is 0 Å². The van der Waals surface area contributed by atoms with Crippen molar-refractivity contribution in [3.63, 3.8) is 0 Å². The van der Waals surface area contributed by atoms with Gasteiger partial charge in [-0.3, -0.25) is 0 Å². The fraction of sp³-hybridized carbons (Fsp3) is 0. The van der Waals surface area contributed by atoms with Crippen molar-refractivity contribution in [2.45, 2.75) is 0 Å². The highest BCUT2D eigenvalue weighted by Crippen LogP contribution is 2.14. The van der Waals surface area contributed by atoms with Crippen molar-refractivity contribution in [1.29, 1.82) is 0 Å². The predicted octanol–water partition coefficient (Wildman–Crippen LogP) is 1.45. The molecule has 0 radical (unpaired) electrons. The largest absolute Gasteiger partial charge is 0.442 e. The summed E-state index contributed by atoms with van der Waals surface area (Å²) in [6.45, 7) is 0. The standard InChI is InChI=1S/C9H10N2OS/c10-7-1-3-8(4-2-7)12-9(11)5-6-13/h1-6H,10-11H2. The van der Waals surface area contributed by atoms with E-state index in [0.29, 0.717) is 11.4 Å². The zero-order valence-corrected chi connectivity index (χ0v) is 7.75. The van der Waals surface area contributed by atoms with Crippen LogP contribution in [-0.4, -0.2) is 5.37 Å². The summed E-state index contributed by atoms with van der Waals surface area (Å²) in [5.74, 6) is 0.902. The highest BCUT2D eigenvalue weighted by atomic mass is 32.1. The molecule has 0 aliphatic carbocycles. The van der Waals surface area contributed by atoms with Gasteiger partial charge in [0, 0.05) is 17.1 Å². The fourth-order valence-electron chi connectivity index (χ4n) is 0.773. The normalized spacial score (nSPS) is 10.9. The summed E-state index contributed by atoms with van der Waals surface area (Å²) in [7, 11) is 0. The Morgan fingerprint density at radius 1 is 1.31 bits per heavy atom. The molecule has 1 rings (SSSR count). The minimum atomic E-state index is 0.264. The molecule has 0 atom stereocenters. The number of ether oxygens (including phenoxy) is 1. The van der Waals surface area contributed by atoms with Crippen molar-refractivity contribution in [2.75, 3.05) is 5.73 Å². The van der Waals surface area contributed by atoms with Gasteiger partial charge in [-0.25, -0.2) is 0 Å². The maximum atomic E-state index is 5.49. The van der Waals surface area contributed by atoms with E-state index in [0.717, 1.165) is 0 Å². The Bertz CT molecular complexity index is 319. The first kappa shape index (κ1) is 9.54. The van der Waals surface area contributed by atoms with E-state index in [1.165, 1.54) is 11.4 Å². The van der Waals surface area contributed by atoms with Crippen LogP contribution in [0.15, 0.2) is 36.2 Å². The lowest BCUT2D eigenvalue weighted by molar-refractivity contribution is 0.421. The smallest absolute Gasteiger partial charge is 0.191 e. The lowest BCUT2D eigenvalue weighted by Crippen LogP contribution is -2.05. The van der Waals surface area contributed by atoms with Gasteiger partial charge in [-0.2, -0.15) is 0 Å². The van der Waals surface area contributed by atoms with Crippen molar-refractivity contribution in [2.24, 2.45) is 5.73 Å². The first-order valence-corrected chi connectivity index (χ1v) is 4.14. The van der Waals surface area contributed by atoms with E-state index in [2.05, 4.69) is 12.2 Å². The summed E-state index contributed by atoms with van der Waals surface area (Å²) in [5, 5.41) is 1.40. The monoisotopic (exact) mass is 194 g/mol. The number of nitrogens with two attached hydrogens (primary N) is 2. The van der Waals surface area contributed by atoms with E-state index < -0.39 is 0 Å². The van der Waals surface area contributed by atoms with Crippen LogP contribution in [0.5, 0.6) is 5.75 Å². The van der Waals surface area contributed by atoms with Gasteiger partial charge in [-0.1, -0.05) is 12.2 Å². The van der Waals surface area contributed by atoms with Gasteiger partial charge < -0.3 is 16.2 Å². The van der Waals surface area contributed by atoms with E-state index in [4.69, 9.17) is 16.2 Å².